The van der Waals surface area contributed by atoms with Crippen LogP contribution >= 0.6 is 11.1 Å². The molecule has 0 unspecified atom stereocenters. The highest BCUT2D eigenvalue weighted by molar-refractivity contribution is 8.13. The van der Waals surface area contributed by atoms with Gasteiger partial charge in [0.2, 0.25) is 0 Å². The van der Waals surface area contributed by atoms with Crippen molar-refractivity contribution in [3.8, 4) is 0 Å². The molecule has 1 aromatic heterocycles. The van der Waals surface area contributed by atoms with Crippen LogP contribution in [0.25, 0.3) is 0 Å². The second-order valence-corrected chi connectivity index (χ2v) is 5.86. The molecule has 0 N–H and O–H groups in total. The Morgan fingerprint density at radius 1 is 1.54 bits per heavy atom. The molecule has 0 aromatic carbocycles. The number of thiol groups is 1. The van der Waals surface area contributed by atoms with Crippen LogP contribution in [0.5, 0.6) is 0 Å². The predicted molar refractivity (Wildman–Crippen MR) is 55.9 cm³/mol. The van der Waals surface area contributed by atoms with Gasteiger partial charge in [-0.25, -0.2) is 20.7 Å². The summed E-state index contributed by atoms with van der Waals surface area (Å²) in [6.45, 7) is 4.20. The Kier molecular flexibility index (Phi) is 2.29. The molecule has 2 heterocycles. The lowest BCUT2D eigenvalue weighted by molar-refractivity contribution is 0.264. The van der Waals surface area contributed by atoms with Crippen LogP contribution in [0.1, 0.15) is 12.7 Å². The first kappa shape index (κ1) is 9.02. The van der Waals surface area contributed by atoms with Crippen molar-refractivity contribution >= 4 is 11.1 Å². The Hall–Kier alpha value is -0.550. The highest BCUT2D eigenvalue weighted by Crippen LogP contribution is 2.29. The number of aromatic nitrogens is 3. The minimum atomic E-state index is -0.0113. The summed E-state index contributed by atoms with van der Waals surface area (Å²) >= 11 is -0.0113. The van der Waals surface area contributed by atoms with Crippen LogP contribution in [0, 0.1) is 0 Å². The zero-order valence-corrected chi connectivity index (χ0v) is 9.20. The molecule has 1 aliphatic heterocycles. The molecule has 4 nitrogen and oxygen atoms in total. The average Bonchev–Trinajstić information content (AvgIpc) is 2.48. The summed E-state index contributed by atoms with van der Waals surface area (Å²) in [6, 6.07) is 0.593. The molecule has 1 aliphatic rings. The van der Waals surface area contributed by atoms with Gasteiger partial charge in [0.25, 0.3) is 0 Å². The molecular weight excluding hydrogens is 184 g/mol. The van der Waals surface area contributed by atoms with Crippen LogP contribution in [-0.4, -0.2) is 37.6 Å². The van der Waals surface area contributed by atoms with Crippen molar-refractivity contribution in [2.45, 2.75) is 26.1 Å². The van der Waals surface area contributed by atoms with Crippen molar-refractivity contribution in [2.75, 3.05) is 12.5 Å². The molecule has 0 bridgehead atoms. The van der Waals surface area contributed by atoms with Crippen LogP contribution < -0.4 is 0 Å². The fourth-order valence-corrected chi connectivity index (χ4v) is 3.01. The normalized spacial score (nSPS) is 24.2. The quantitative estimate of drug-likeness (QED) is 0.676. The van der Waals surface area contributed by atoms with Crippen molar-refractivity contribution in [1.82, 2.24) is 19.1 Å². The summed E-state index contributed by atoms with van der Waals surface area (Å²) in [4.78, 5) is 4.24. The van der Waals surface area contributed by atoms with E-state index in [1.54, 1.807) is 6.33 Å². The van der Waals surface area contributed by atoms with E-state index in [1.807, 2.05) is 4.68 Å². The Balaban J connectivity index is 2.22. The molecule has 1 atom stereocenters. The van der Waals surface area contributed by atoms with Gasteiger partial charge < -0.3 is 0 Å². The van der Waals surface area contributed by atoms with Crippen molar-refractivity contribution in [2.24, 2.45) is 0 Å². The van der Waals surface area contributed by atoms with E-state index < -0.39 is 0 Å². The van der Waals surface area contributed by atoms with E-state index in [4.69, 9.17) is 0 Å². The molecule has 0 amide bonds. The van der Waals surface area contributed by atoms with Gasteiger partial charge in [-0.1, -0.05) is 0 Å². The predicted octanol–water partition coefficient (Wildman–Crippen LogP) is 0.658. The average molecular weight is 200 g/mol. The molecule has 13 heavy (non-hydrogen) atoms. The lowest BCUT2D eigenvalue weighted by Gasteiger charge is -2.37. The molecule has 74 valence electrons. The standard InChI is InChI=1S/C8H16N4S/c1-7-4-11-8(9-6-10-11)5-12(7)13(2)3/h6-7,13H,4-5H2,1-3H3/t7-/m1/s1. The maximum absolute atomic E-state index is 4.24. The van der Waals surface area contributed by atoms with E-state index in [-0.39, 0.29) is 11.1 Å². The van der Waals surface area contributed by atoms with Crippen LogP contribution in [-0.2, 0) is 13.1 Å². The van der Waals surface area contributed by atoms with E-state index in [1.165, 1.54) is 0 Å². The Morgan fingerprint density at radius 3 is 3.00 bits per heavy atom. The largest absolute Gasteiger partial charge is 0.258 e. The minimum absolute atomic E-state index is 0.0113. The first-order chi connectivity index (χ1) is 6.18. The molecular formula is C8H16N4S. The number of nitrogens with zero attached hydrogens (tertiary/aromatic N) is 4. The first-order valence-corrected chi connectivity index (χ1v) is 6.68. The van der Waals surface area contributed by atoms with Gasteiger partial charge in [-0.15, -0.1) is 0 Å². The van der Waals surface area contributed by atoms with Gasteiger partial charge in [0.15, 0.2) is 0 Å². The Labute approximate surface area is 81.4 Å². The third-order valence-corrected chi connectivity index (χ3v) is 4.02. The van der Waals surface area contributed by atoms with Crippen molar-refractivity contribution in [3.05, 3.63) is 12.2 Å². The third-order valence-electron chi connectivity index (χ3n) is 2.46. The van der Waals surface area contributed by atoms with Crippen molar-refractivity contribution in [1.29, 1.82) is 0 Å². The van der Waals surface area contributed by atoms with Gasteiger partial charge in [0.1, 0.15) is 12.2 Å². The number of hydrogen-bond acceptors (Lipinski definition) is 3. The maximum Gasteiger partial charge on any atom is 0.141 e. The van der Waals surface area contributed by atoms with Crippen molar-refractivity contribution in [3.63, 3.8) is 0 Å². The highest BCUT2D eigenvalue weighted by Gasteiger charge is 2.24. The van der Waals surface area contributed by atoms with Gasteiger partial charge >= 0.3 is 0 Å². The Morgan fingerprint density at radius 2 is 2.31 bits per heavy atom. The molecule has 5 heteroatoms. The molecule has 0 spiro atoms. The minimum Gasteiger partial charge on any atom is -0.258 e. The second-order valence-electron chi connectivity index (χ2n) is 3.65. The molecule has 0 aliphatic carbocycles. The second kappa shape index (κ2) is 3.31. The highest BCUT2D eigenvalue weighted by atomic mass is 32.2. The van der Waals surface area contributed by atoms with Crippen LogP contribution in [0.4, 0.5) is 0 Å². The first-order valence-electron chi connectivity index (χ1n) is 4.49. The zero-order valence-electron chi connectivity index (χ0n) is 8.30. The molecule has 2 rings (SSSR count). The van der Waals surface area contributed by atoms with Gasteiger partial charge in [-0.05, 0) is 19.4 Å². The molecule has 0 radical (unpaired) electrons. The fraction of sp³-hybridized carbons (Fsp3) is 0.750. The van der Waals surface area contributed by atoms with Gasteiger partial charge in [0, 0.05) is 6.04 Å². The Bertz CT molecular complexity index is 296. The summed E-state index contributed by atoms with van der Waals surface area (Å²) in [5, 5.41) is 4.19. The van der Waals surface area contributed by atoms with Crippen LogP contribution in [0.2, 0.25) is 0 Å². The molecule has 1 aromatic rings. The van der Waals surface area contributed by atoms with E-state index in [0.717, 1.165) is 18.9 Å². The topological polar surface area (TPSA) is 34.0 Å². The van der Waals surface area contributed by atoms with Gasteiger partial charge in [-0.2, -0.15) is 5.10 Å². The number of fused-ring (bicyclic) bond motifs is 1. The summed E-state index contributed by atoms with van der Waals surface area (Å²) in [6.07, 6.45) is 6.23. The molecule has 0 saturated heterocycles. The van der Waals surface area contributed by atoms with Gasteiger partial charge in [0.05, 0.1) is 13.1 Å². The molecule has 0 fully saturated rings. The third kappa shape index (κ3) is 1.58. The van der Waals surface area contributed by atoms with Crippen LogP contribution in [0.3, 0.4) is 0 Å². The lowest BCUT2D eigenvalue weighted by Crippen LogP contribution is -2.39. The maximum atomic E-state index is 4.24. The summed E-state index contributed by atoms with van der Waals surface area (Å²) in [5.74, 6) is 1.11. The SMILES string of the molecule is C[C@@H]1Cn2ncnc2CN1[SH](C)C. The van der Waals surface area contributed by atoms with E-state index >= 15 is 0 Å². The summed E-state index contributed by atoms with van der Waals surface area (Å²) < 4.78 is 4.53. The molecule has 0 saturated carbocycles. The van der Waals surface area contributed by atoms with E-state index in [9.17, 15) is 0 Å². The van der Waals surface area contributed by atoms with E-state index in [2.05, 4.69) is 33.8 Å². The fourth-order valence-electron chi connectivity index (χ4n) is 1.74. The smallest absolute Gasteiger partial charge is 0.141 e. The van der Waals surface area contributed by atoms with Crippen molar-refractivity contribution < 1.29 is 0 Å². The summed E-state index contributed by atoms with van der Waals surface area (Å²) in [7, 11) is 0. The van der Waals surface area contributed by atoms with Crippen LogP contribution in [0.15, 0.2) is 6.33 Å². The number of rotatable bonds is 1. The number of hydrogen-bond donors (Lipinski definition) is 1. The lowest BCUT2D eigenvalue weighted by atomic mass is 10.3. The van der Waals surface area contributed by atoms with E-state index in [0.29, 0.717) is 6.04 Å². The monoisotopic (exact) mass is 200 g/mol. The van der Waals surface area contributed by atoms with Gasteiger partial charge in [-0.3, -0.25) is 4.31 Å². The summed E-state index contributed by atoms with van der Waals surface area (Å²) in [5.41, 5.74) is 0. The zero-order chi connectivity index (χ0) is 9.42.